The zero-order valence-electron chi connectivity index (χ0n) is 14.7. The predicted octanol–water partition coefficient (Wildman–Crippen LogP) is 2.45. The summed E-state index contributed by atoms with van der Waals surface area (Å²) in [5.74, 6) is 1.98. The Labute approximate surface area is 142 Å². The average molecular weight is 336 g/mol. The van der Waals surface area contributed by atoms with Gasteiger partial charge in [0.05, 0.1) is 6.10 Å². The lowest BCUT2D eigenvalue weighted by atomic mass is 9.93. The number of carbonyl (C=O) groups is 1. The van der Waals surface area contributed by atoms with Crippen LogP contribution in [0.25, 0.3) is 0 Å². The first kappa shape index (κ1) is 17.2. The van der Waals surface area contributed by atoms with Crippen LogP contribution in [0.2, 0.25) is 0 Å². The number of urea groups is 1. The molecule has 2 aliphatic rings. The lowest BCUT2D eigenvalue weighted by Crippen LogP contribution is -2.48. The lowest BCUT2D eigenvalue weighted by molar-refractivity contribution is 0.0724. The summed E-state index contributed by atoms with van der Waals surface area (Å²) >= 11 is 0. The number of hydrogen-bond acceptors (Lipinski definition) is 5. The summed E-state index contributed by atoms with van der Waals surface area (Å²) in [6.45, 7) is 7.16. The summed E-state index contributed by atoms with van der Waals surface area (Å²) < 4.78 is 5.40. The minimum Gasteiger partial charge on any atom is -0.393 e. The van der Waals surface area contributed by atoms with Crippen molar-refractivity contribution in [2.45, 2.75) is 64.5 Å². The van der Waals surface area contributed by atoms with Gasteiger partial charge in [0, 0.05) is 24.9 Å². The Kier molecular flexibility index (Phi) is 5.08. The summed E-state index contributed by atoms with van der Waals surface area (Å²) in [6.07, 6.45) is 3.72. The number of aliphatic hydroxyl groups is 1. The van der Waals surface area contributed by atoms with Crippen LogP contribution in [0, 0.1) is 11.8 Å². The van der Waals surface area contributed by atoms with Gasteiger partial charge in [-0.2, -0.15) is 4.98 Å². The zero-order valence-corrected chi connectivity index (χ0v) is 14.7. The number of nitrogens with one attached hydrogen (secondary N) is 1. The second-order valence-corrected chi connectivity index (χ2v) is 7.53. The molecule has 7 heteroatoms. The summed E-state index contributed by atoms with van der Waals surface area (Å²) in [5, 5.41) is 16.9. The molecule has 1 saturated heterocycles. The largest absolute Gasteiger partial charge is 0.393 e. The Balaban J connectivity index is 1.64. The van der Waals surface area contributed by atoms with Crippen LogP contribution < -0.4 is 5.32 Å². The lowest BCUT2D eigenvalue weighted by Gasteiger charge is -2.35. The maximum Gasteiger partial charge on any atom is 0.318 e. The summed E-state index contributed by atoms with van der Waals surface area (Å²) in [7, 11) is 0. The molecule has 2 amide bonds. The SMILES string of the molecule is CC(C)C(NC(=O)N1CCCC(C(C)O)C1)c1nc(C2CC2)no1. The molecule has 1 aromatic rings. The van der Waals surface area contributed by atoms with Gasteiger partial charge in [0.15, 0.2) is 5.82 Å². The van der Waals surface area contributed by atoms with E-state index in [0.717, 1.165) is 38.1 Å². The molecule has 3 rings (SSSR count). The number of rotatable bonds is 5. The second kappa shape index (κ2) is 7.09. The fourth-order valence-electron chi connectivity index (χ4n) is 3.21. The van der Waals surface area contributed by atoms with E-state index in [1.54, 1.807) is 11.8 Å². The maximum absolute atomic E-state index is 12.7. The number of nitrogens with zero attached hydrogens (tertiary/aromatic N) is 3. The van der Waals surface area contributed by atoms with Gasteiger partial charge in [0.1, 0.15) is 6.04 Å². The van der Waals surface area contributed by atoms with Crippen molar-refractivity contribution in [3.8, 4) is 0 Å². The third kappa shape index (κ3) is 3.88. The molecule has 2 heterocycles. The highest BCUT2D eigenvalue weighted by molar-refractivity contribution is 5.74. The van der Waals surface area contributed by atoms with Crippen molar-refractivity contribution in [1.29, 1.82) is 0 Å². The molecule has 1 aromatic heterocycles. The summed E-state index contributed by atoms with van der Waals surface area (Å²) in [6, 6.07) is -0.408. The first-order chi connectivity index (χ1) is 11.5. The normalized spacial score (nSPS) is 24.0. The van der Waals surface area contributed by atoms with Crippen LogP contribution >= 0.6 is 0 Å². The quantitative estimate of drug-likeness (QED) is 0.862. The molecule has 134 valence electrons. The molecular weight excluding hydrogens is 308 g/mol. The highest BCUT2D eigenvalue weighted by Gasteiger charge is 2.33. The van der Waals surface area contributed by atoms with E-state index < -0.39 is 6.10 Å². The van der Waals surface area contributed by atoms with E-state index in [9.17, 15) is 9.90 Å². The molecule has 2 fully saturated rings. The van der Waals surface area contributed by atoms with Crippen molar-refractivity contribution in [3.05, 3.63) is 11.7 Å². The molecule has 3 atom stereocenters. The number of piperidine rings is 1. The highest BCUT2D eigenvalue weighted by Crippen LogP contribution is 2.38. The molecule has 0 radical (unpaired) electrons. The van der Waals surface area contributed by atoms with Crippen molar-refractivity contribution in [1.82, 2.24) is 20.4 Å². The van der Waals surface area contributed by atoms with E-state index in [-0.39, 0.29) is 23.9 Å². The Morgan fingerprint density at radius 3 is 2.71 bits per heavy atom. The number of aliphatic hydroxyl groups excluding tert-OH is 1. The van der Waals surface area contributed by atoms with Crippen LogP contribution in [0.15, 0.2) is 4.52 Å². The van der Waals surface area contributed by atoms with E-state index in [0.29, 0.717) is 18.4 Å². The number of likely N-dealkylation sites (tertiary alicyclic amines) is 1. The standard InChI is InChI=1S/C17H28N4O3/c1-10(2)14(16-19-15(20-24-16)12-6-7-12)18-17(23)21-8-4-5-13(9-21)11(3)22/h10-14,22H,4-9H2,1-3H3,(H,18,23). The minimum absolute atomic E-state index is 0.120. The van der Waals surface area contributed by atoms with E-state index in [1.807, 2.05) is 13.8 Å². The monoisotopic (exact) mass is 336 g/mol. The molecule has 1 saturated carbocycles. The third-order valence-electron chi connectivity index (χ3n) is 5.04. The summed E-state index contributed by atoms with van der Waals surface area (Å²) in [5.41, 5.74) is 0. The van der Waals surface area contributed by atoms with E-state index in [2.05, 4.69) is 15.5 Å². The van der Waals surface area contributed by atoms with Crippen LogP contribution in [0.3, 0.4) is 0 Å². The molecule has 7 nitrogen and oxygen atoms in total. The van der Waals surface area contributed by atoms with Gasteiger partial charge in [0.2, 0.25) is 5.89 Å². The highest BCUT2D eigenvalue weighted by atomic mass is 16.5. The number of carbonyl (C=O) groups excluding carboxylic acids is 1. The van der Waals surface area contributed by atoms with Gasteiger partial charge in [-0.1, -0.05) is 19.0 Å². The summed E-state index contributed by atoms with van der Waals surface area (Å²) in [4.78, 5) is 18.9. The van der Waals surface area contributed by atoms with Crippen LogP contribution in [0.5, 0.6) is 0 Å². The predicted molar refractivity (Wildman–Crippen MR) is 88.4 cm³/mol. The number of hydrogen-bond donors (Lipinski definition) is 2. The van der Waals surface area contributed by atoms with Gasteiger partial charge in [-0.3, -0.25) is 0 Å². The van der Waals surface area contributed by atoms with Crippen LogP contribution in [-0.2, 0) is 0 Å². The molecule has 0 aromatic carbocycles. The number of amides is 2. The van der Waals surface area contributed by atoms with Crippen LogP contribution in [0.4, 0.5) is 4.79 Å². The van der Waals surface area contributed by atoms with Crippen LogP contribution in [0.1, 0.15) is 70.1 Å². The smallest absolute Gasteiger partial charge is 0.318 e. The second-order valence-electron chi connectivity index (χ2n) is 7.53. The number of aromatic nitrogens is 2. The Morgan fingerprint density at radius 2 is 2.08 bits per heavy atom. The molecule has 0 bridgehead atoms. The molecular formula is C17H28N4O3. The molecule has 0 spiro atoms. The molecule has 2 N–H and O–H groups in total. The zero-order chi connectivity index (χ0) is 17.3. The minimum atomic E-state index is -0.390. The third-order valence-corrected chi connectivity index (χ3v) is 5.04. The van der Waals surface area contributed by atoms with Crippen molar-refractivity contribution in [2.24, 2.45) is 11.8 Å². The van der Waals surface area contributed by atoms with Gasteiger partial charge < -0.3 is 19.8 Å². The first-order valence-electron chi connectivity index (χ1n) is 9.02. The van der Waals surface area contributed by atoms with Gasteiger partial charge in [0.25, 0.3) is 0 Å². The van der Waals surface area contributed by atoms with Gasteiger partial charge >= 0.3 is 6.03 Å². The van der Waals surface area contributed by atoms with Crippen molar-refractivity contribution in [3.63, 3.8) is 0 Å². The van der Waals surface area contributed by atoms with E-state index in [4.69, 9.17) is 4.52 Å². The van der Waals surface area contributed by atoms with E-state index in [1.165, 1.54) is 0 Å². The maximum atomic E-state index is 12.7. The van der Waals surface area contributed by atoms with Crippen LogP contribution in [-0.4, -0.2) is 45.4 Å². The van der Waals surface area contributed by atoms with Crippen molar-refractivity contribution >= 4 is 6.03 Å². The fourth-order valence-corrected chi connectivity index (χ4v) is 3.21. The van der Waals surface area contributed by atoms with Gasteiger partial charge in [-0.25, -0.2) is 4.79 Å². The Hall–Kier alpha value is -1.63. The Bertz CT molecular complexity index is 568. The van der Waals surface area contributed by atoms with E-state index >= 15 is 0 Å². The van der Waals surface area contributed by atoms with Crippen molar-refractivity contribution in [2.75, 3.05) is 13.1 Å². The molecule has 1 aliphatic carbocycles. The average Bonchev–Trinajstić information content (AvgIpc) is 3.30. The van der Waals surface area contributed by atoms with Gasteiger partial charge in [-0.05, 0) is 38.5 Å². The molecule has 3 unspecified atom stereocenters. The first-order valence-corrected chi connectivity index (χ1v) is 9.02. The van der Waals surface area contributed by atoms with Gasteiger partial charge in [-0.15, -0.1) is 0 Å². The Morgan fingerprint density at radius 1 is 1.33 bits per heavy atom. The fraction of sp³-hybridized carbons (Fsp3) is 0.824. The van der Waals surface area contributed by atoms with Crippen molar-refractivity contribution < 1.29 is 14.4 Å². The molecule has 24 heavy (non-hydrogen) atoms. The topological polar surface area (TPSA) is 91.5 Å². The molecule has 1 aliphatic heterocycles.